The van der Waals surface area contributed by atoms with Crippen LogP contribution in [0.3, 0.4) is 0 Å². The van der Waals surface area contributed by atoms with Gasteiger partial charge in [0, 0.05) is 0 Å². The van der Waals surface area contributed by atoms with Crippen LogP contribution >= 0.6 is 352 Å². The van der Waals surface area contributed by atoms with Crippen molar-refractivity contribution in [1.29, 1.82) is 1.28 Å². The Labute approximate surface area is 348 Å². The summed E-state index contributed by atoms with van der Waals surface area (Å²) in [4.78, 5) is 0. The van der Waals surface area contributed by atoms with Crippen molar-refractivity contribution < 1.29 is 0 Å². The van der Waals surface area contributed by atoms with Crippen LogP contribution in [0.15, 0.2) is 0 Å². The summed E-state index contributed by atoms with van der Waals surface area (Å²) in [6.07, 6.45) is 0. The third-order valence-corrected chi connectivity index (χ3v) is 302. The van der Waals surface area contributed by atoms with Crippen LogP contribution in [0.4, 0.5) is 0 Å². The van der Waals surface area contributed by atoms with Crippen LogP contribution in [0.25, 0.3) is 0 Å². The van der Waals surface area contributed by atoms with Gasteiger partial charge in [-0.2, -0.15) is 0 Å². The summed E-state index contributed by atoms with van der Waals surface area (Å²) in [6, 6.07) is 0. The zero-order valence-corrected chi connectivity index (χ0v) is 67.8. The molecule has 0 amide bonds. The highest BCUT2D eigenvalue weighted by Crippen LogP contribution is 3.44. The van der Waals surface area contributed by atoms with Crippen molar-refractivity contribution in [2.45, 2.75) is 0 Å². The fourth-order valence-electron chi connectivity index (χ4n) is 2.48. The Bertz CT molecular complexity index is 629. The molecule has 0 rings (SSSR count). The minimum Gasteiger partial charge on any atom is -0.102 e. The second-order valence-electron chi connectivity index (χ2n) is 6.88. The van der Waals surface area contributed by atoms with E-state index in [0.717, 1.165) is 0 Å². The van der Waals surface area contributed by atoms with Crippen LogP contribution in [-0.2, 0) is 0 Å². The molecule has 0 saturated carbocycles. The van der Waals surface area contributed by atoms with Gasteiger partial charge in [0.05, 0.1) is 1.28 Å². The zero-order valence-electron chi connectivity index (χ0n) is 23.6. The fraction of sp³-hybridized carbons (Fsp3) is 0. The van der Waals surface area contributed by atoms with Gasteiger partial charge >= 0.3 is 0 Å². The lowest BCUT2D eigenvalue weighted by atomic mass is 28.4. The van der Waals surface area contributed by atoms with Crippen LogP contribution in [0.2, 0.25) is 0 Å². The molecule has 25 atom stereocenters. The lowest BCUT2D eigenvalue weighted by Crippen LogP contribution is -1.69. The molecule has 0 aromatic heterocycles. The molecule has 0 aromatic carbocycles. The summed E-state index contributed by atoms with van der Waals surface area (Å²) in [5.74, 6) is 0. The minimum absolute atomic E-state index is 0.136. The quantitative estimate of drug-likeness (QED) is 0.101. The van der Waals surface area contributed by atoms with Crippen LogP contribution in [0.5, 0.6) is 0 Å². The minimum atomic E-state index is -0.333. The van der Waals surface area contributed by atoms with Gasteiger partial charge < -0.3 is 0 Å². The third kappa shape index (κ3) is 22.4. The lowest BCUT2D eigenvalue weighted by Gasteiger charge is -2.57. The maximum absolute atomic E-state index is 9.35. The monoisotopic (exact) mass is 1410 g/mol. The maximum atomic E-state index is 9.35. The van der Waals surface area contributed by atoms with Crippen LogP contribution in [0.1, 0.15) is 0 Å². The first kappa shape index (κ1) is 60.9. The van der Waals surface area contributed by atoms with Gasteiger partial charge in [0.2, 0.25) is 0 Å². The Kier molecular flexibility index (Phi) is 47.4. The molecular weight excluding hydrogens is 1360 g/mol. The van der Waals surface area contributed by atoms with Crippen molar-refractivity contribution in [3.05, 3.63) is 0 Å². The van der Waals surface area contributed by atoms with Gasteiger partial charge in [0.1, 0.15) is 0 Å². The molecule has 0 saturated heterocycles. The standard InChI is InChI=1S/H46P44/c1-24(2)35(23)41(36(25(3)4)26(5)6)44(42(37(27(7)8)28(9)10)38(29(11)12)30(13)14)43(39(31(15)16)32(17)18)40(33(19)20)34(21)22/h1-23H2/i23T. The van der Waals surface area contributed by atoms with Crippen molar-refractivity contribution >= 4 is 352 Å². The van der Waals surface area contributed by atoms with Gasteiger partial charge in [-0.25, -0.2) is 0 Å². The molecule has 44 heteroatoms. The number of hydrogen-bond donors (Lipinski definition) is 0. The second-order valence-corrected chi connectivity index (χ2v) is 186. The summed E-state index contributed by atoms with van der Waals surface area (Å²) >= 11 is 0. The van der Waals surface area contributed by atoms with E-state index in [-0.39, 0.29) is 147 Å². The molecule has 0 aliphatic heterocycles. The van der Waals surface area contributed by atoms with E-state index in [1.54, 1.807) is 0 Å². The predicted octanol–water partition coefficient (Wildman–Crippen LogP) is 25.6. The molecule has 0 N–H and O–H groups in total. The average Bonchev–Trinajstić information content (AvgIpc) is 2.81. The highest BCUT2D eigenvalue weighted by Gasteiger charge is 2.56. The normalized spacial score (nSPS) is 16.2. The van der Waals surface area contributed by atoms with E-state index in [9.17, 15) is 1.28 Å². The molecule has 266 valence electrons. The van der Waals surface area contributed by atoms with Gasteiger partial charge in [0.25, 0.3) is 0 Å². The molecule has 0 aromatic rings. The Balaban J connectivity index is 8.98. The molecule has 0 radical (unpaired) electrons. The fourth-order valence-corrected chi connectivity index (χ4v) is 603. The predicted molar refractivity (Wildman–Crippen MR) is 369 cm³/mol. The Morgan fingerprint density at radius 2 is 0.364 bits per heavy atom. The number of rotatable bonds is 21. The summed E-state index contributed by atoms with van der Waals surface area (Å²) in [6.45, 7) is -4.13. The van der Waals surface area contributed by atoms with E-state index in [2.05, 4.69) is 196 Å². The smallest absolute Gasteiger partial charge is 0.0601 e. The number of hydrogen-bond acceptors (Lipinski definition) is 0. The summed E-state index contributed by atoms with van der Waals surface area (Å²) in [5, 5.41) is 0. The highest BCUT2D eigenvalue weighted by atomic mass is 33.6. The first-order valence-corrected chi connectivity index (χ1v) is 89.1. The third-order valence-electron chi connectivity index (χ3n) is 3.73. The molecule has 44 heavy (non-hydrogen) atoms. The molecule has 0 aliphatic rings. The van der Waals surface area contributed by atoms with E-state index in [1.165, 1.54) is 0 Å². The molecule has 0 aliphatic carbocycles. The van der Waals surface area contributed by atoms with E-state index in [4.69, 9.17) is 0 Å². The Morgan fingerprint density at radius 3 is 0.500 bits per heavy atom. The van der Waals surface area contributed by atoms with Crippen molar-refractivity contribution in [3.8, 4) is 0 Å². The topological polar surface area (TPSA) is 0 Å². The van der Waals surface area contributed by atoms with Crippen LogP contribution in [-0.4, -0.2) is 1.28 Å². The van der Waals surface area contributed by atoms with Gasteiger partial charge in [0.15, 0.2) is 0 Å². The van der Waals surface area contributed by atoms with Crippen molar-refractivity contribution in [2.24, 2.45) is 0 Å². The van der Waals surface area contributed by atoms with Crippen LogP contribution in [0, 0.1) is 0 Å². The van der Waals surface area contributed by atoms with Crippen molar-refractivity contribution in [2.75, 3.05) is 0 Å². The SMILES string of the molecule is [3H]PP(P(P)P)P(P(P(P)P)P(P)P)P(P(P(P(P)P)P(P)P)P(P(P)P)P(P)P)P(P(P(P)P)P(P)P)P(P(P)P)P(P)P. The Morgan fingerprint density at radius 1 is 0.205 bits per heavy atom. The highest BCUT2D eigenvalue weighted by molar-refractivity contribution is 9.50. The molecule has 0 heterocycles. The van der Waals surface area contributed by atoms with Gasteiger partial charge in [-0.3, -0.25) is 0 Å². The zero-order chi connectivity index (χ0) is 35.8. The van der Waals surface area contributed by atoms with E-state index in [0.29, 0.717) is 8.87 Å². The second kappa shape index (κ2) is 34.2. The van der Waals surface area contributed by atoms with Crippen molar-refractivity contribution in [3.63, 3.8) is 0 Å². The van der Waals surface area contributed by atoms with E-state index in [1.807, 2.05) is 0 Å². The van der Waals surface area contributed by atoms with Gasteiger partial charge in [-0.05, 0) is 147 Å². The lowest BCUT2D eigenvalue weighted by molar-refractivity contribution is 4.37. The molecule has 0 bridgehead atoms. The molecular formula is H46P44. The average molecular weight is 1410 g/mol. The van der Waals surface area contributed by atoms with Gasteiger partial charge in [-0.1, -0.05) is 0 Å². The van der Waals surface area contributed by atoms with Crippen molar-refractivity contribution in [1.82, 2.24) is 0 Å². The van der Waals surface area contributed by atoms with Crippen LogP contribution < -0.4 is 0 Å². The first-order chi connectivity index (χ1) is 20.5. The molecule has 0 spiro atoms. The first-order valence-electron chi connectivity index (χ1n) is 10.4. The van der Waals surface area contributed by atoms with Gasteiger partial charge in [-0.15, -0.1) is 205 Å². The largest absolute Gasteiger partial charge is 0.102 e. The molecule has 25 unspecified atom stereocenters. The van der Waals surface area contributed by atoms with E-state index < -0.39 is 0 Å². The maximum Gasteiger partial charge on any atom is 0.0601 e. The molecule has 0 nitrogen and oxygen atoms in total. The van der Waals surface area contributed by atoms with E-state index >= 15 is 0 Å². The summed E-state index contributed by atoms with van der Waals surface area (Å²) in [7, 11) is 75.1. The summed E-state index contributed by atoms with van der Waals surface area (Å²) < 4.78 is 9.35. The Hall–Kier alpha value is 18.9. The summed E-state index contributed by atoms with van der Waals surface area (Å²) in [5.41, 5.74) is 0. The molecule has 0 fully saturated rings.